The Morgan fingerprint density at radius 1 is 1.08 bits per heavy atom. The highest BCUT2D eigenvalue weighted by Gasteiger charge is 2.53. The largest absolute Gasteiger partial charge is 0.342 e. The number of hydrogen-bond donors (Lipinski definition) is 1. The lowest BCUT2D eigenvalue weighted by atomic mass is 9.79. The summed E-state index contributed by atoms with van der Waals surface area (Å²) in [5.74, 6) is 1.61. The van der Waals surface area contributed by atoms with E-state index in [0.717, 1.165) is 56.1 Å². The van der Waals surface area contributed by atoms with Crippen molar-refractivity contribution >= 4 is 11.8 Å². The Balaban J connectivity index is 1.28. The number of pyridine rings is 1. The van der Waals surface area contributed by atoms with Gasteiger partial charge in [0, 0.05) is 43.6 Å². The summed E-state index contributed by atoms with van der Waals surface area (Å²) in [5.41, 5.74) is 2.61. The number of hydrogen-bond acceptors (Lipinski definition) is 5. The van der Waals surface area contributed by atoms with E-state index in [0.29, 0.717) is 25.3 Å². The van der Waals surface area contributed by atoms with E-state index >= 15 is 0 Å². The van der Waals surface area contributed by atoms with Crippen LogP contribution >= 0.6 is 0 Å². The van der Waals surface area contributed by atoms with Crippen LogP contribution in [0.25, 0.3) is 5.82 Å². The van der Waals surface area contributed by atoms with Gasteiger partial charge in [-0.05, 0) is 57.6 Å². The lowest BCUT2D eigenvalue weighted by Crippen LogP contribution is -2.73. The normalized spacial score (nSPS) is 22.7. The van der Waals surface area contributed by atoms with Crippen molar-refractivity contribution in [3.63, 3.8) is 0 Å². The molecule has 206 valence electrons. The number of unbranched alkanes of at least 4 members (excludes halogenated alkanes) is 1. The Labute approximate surface area is 227 Å². The van der Waals surface area contributed by atoms with Crippen LogP contribution in [0.4, 0.5) is 0 Å². The van der Waals surface area contributed by atoms with E-state index in [-0.39, 0.29) is 17.9 Å². The molecule has 0 aromatic carbocycles. The first-order chi connectivity index (χ1) is 18.4. The number of carbonyl (C=O) groups is 2. The van der Waals surface area contributed by atoms with Crippen LogP contribution in [0.5, 0.6) is 0 Å². The zero-order valence-electron chi connectivity index (χ0n) is 23.4. The highest BCUT2D eigenvalue weighted by atomic mass is 16.2. The smallest absolute Gasteiger partial charge is 0.246 e. The minimum atomic E-state index is -0.714. The van der Waals surface area contributed by atoms with E-state index in [1.807, 2.05) is 27.8 Å². The molecule has 8 nitrogen and oxygen atoms in total. The molecule has 1 saturated carbocycles. The zero-order valence-corrected chi connectivity index (χ0v) is 23.4. The van der Waals surface area contributed by atoms with E-state index in [4.69, 9.17) is 5.10 Å². The second-order valence-corrected chi connectivity index (χ2v) is 11.7. The molecule has 0 radical (unpaired) electrons. The van der Waals surface area contributed by atoms with Gasteiger partial charge >= 0.3 is 0 Å². The summed E-state index contributed by atoms with van der Waals surface area (Å²) in [6, 6.07) is 5.50. The van der Waals surface area contributed by atoms with Crippen LogP contribution < -0.4 is 5.32 Å². The molecule has 2 aromatic rings. The maximum absolute atomic E-state index is 13.8. The van der Waals surface area contributed by atoms with Gasteiger partial charge in [0.1, 0.15) is 11.6 Å². The second-order valence-electron chi connectivity index (χ2n) is 11.7. The highest BCUT2D eigenvalue weighted by molar-refractivity contribution is 6.00. The summed E-state index contributed by atoms with van der Waals surface area (Å²) >= 11 is 0. The fourth-order valence-corrected chi connectivity index (χ4v) is 6.84. The Hall–Kier alpha value is -2.74. The Morgan fingerprint density at radius 3 is 2.53 bits per heavy atom. The molecule has 1 aliphatic carbocycles. The van der Waals surface area contributed by atoms with E-state index in [1.165, 1.54) is 37.7 Å². The second kappa shape index (κ2) is 11.6. The van der Waals surface area contributed by atoms with Crippen molar-refractivity contribution in [2.24, 2.45) is 5.92 Å². The zero-order chi connectivity index (χ0) is 26.7. The third kappa shape index (κ3) is 5.24. The van der Waals surface area contributed by atoms with Crippen molar-refractivity contribution < 1.29 is 9.59 Å². The summed E-state index contributed by atoms with van der Waals surface area (Å²) in [5, 5.41) is 7.98. The first kappa shape index (κ1) is 26.9. The van der Waals surface area contributed by atoms with Gasteiger partial charge in [0.2, 0.25) is 11.8 Å². The topological polar surface area (TPSA) is 83.4 Å². The van der Waals surface area contributed by atoms with E-state index < -0.39 is 5.54 Å². The third-order valence-corrected chi connectivity index (χ3v) is 9.21. The molecule has 2 aromatic heterocycles. The van der Waals surface area contributed by atoms with Crippen molar-refractivity contribution in [3.8, 4) is 5.82 Å². The Kier molecular flexibility index (Phi) is 8.17. The van der Waals surface area contributed by atoms with E-state index in [2.05, 4.69) is 36.0 Å². The number of piperazine rings is 1. The predicted octanol–water partition coefficient (Wildman–Crippen LogP) is 4.32. The monoisotopic (exact) mass is 520 g/mol. The standard InChI is InChI=1S/C30H44N6O2/c1-4-5-17-35-28(37)26(20-24-11-7-6-8-12-24)32-29(38)30(35)14-18-34(19-15-30)21-25-22(2)33-36(23(25)3)27-13-9-10-16-31-27/h9-10,13,16,24,26H,4-8,11-12,14-15,17-21H2,1-3H3,(H,32,38)/t26-/m0/s1. The van der Waals surface area contributed by atoms with Crippen molar-refractivity contribution in [2.45, 2.75) is 103 Å². The van der Waals surface area contributed by atoms with Crippen LogP contribution in [0.15, 0.2) is 24.4 Å². The summed E-state index contributed by atoms with van der Waals surface area (Å²) < 4.78 is 1.92. The molecule has 8 heteroatoms. The maximum atomic E-state index is 13.8. The first-order valence-corrected chi connectivity index (χ1v) is 14.7. The highest BCUT2D eigenvalue weighted by Crippen LogP contribution is 2.36. The molecule has 2 saturated heterocycles. The number of rotatable bonds is 8. The fraction of sp³-hybridized carbons (Fsp3) is 0.667. The Morgan fingerprint density at radius 2 is 1.84 bits per heavy atom. The number of carbonyl (C=O) groups excluding carboxylic acids is 2. The third-order valence-electron chi connectivity index (χ3n) is 9.21. The van der Waals surface area contributed by atoms with Crippen molar-refractivity contribution in [3.05, 3.63) is 41.3 Å². The van der Waals surface area contributed by atoms with E-state index in [9.17, 15) is 9.59 Å². The maximum Gasteiger partial charge on any atom is 0.246 e. The molecule has 2 aliphatic heterocycles. The van der Waals surface area contributed by atoms with Crippen LogP contribution in [-0.2, 0) is 16.1 Å². The molecular formula is C30H44N6O2. The molecule has 1 atom stereocenters. The van der Waals surface area contributed by atoms with Gasteiger partial charge in [-0.1, -0.05) is 51.5 Å². The average molecular weight is 521 g/mol. The minimum absolute atomic E-state index is 0.0731. The van der Waals surface area contributed by atoms with Crippen LogP contribution in [0.3, 0.4) is 0 Å². The molecule has 1 N–H and O–H groups in total. The SMILES string of the molecule is CCCCN1C(=O)[C@H](CC2CCCCC2)NC(=O)C12CCN(Cc1c(C)nn(-c3ccccn3)c1C)CC2. The van der Waals surface area contributed by atoms with Gasteiger partial charge < -0.3 is 10.2 Å². The van der Waals surface area contributed by atoms with E-state index in [1.54, 1.807) is 6.20 Å². The number of aromatic nitrogens is 3. The minimum Gasteiger partial charge on any atom is -0.342 e. The van der Waals surface area contributed by atoms with Crippen molar-refractivity contribution in [2.75, 3.05) is 19.6 Å². The van der Waals surface area contributed by atoms with Crippen LogP contribution in [-0.4, -0.2) is 67.6 Å². The first-order valence-electron chi connectivity index (χ1n) is 14.7. The van der Waals surface area contributed by atoms with Crippen LogP contribution in [0.2, 0.25) is 0 Å². The molecule has 5 rings (SSSR count). The number of aryl methyl sites for hydroxylation is 1. The molecule has 3 fully saturated rings. The fourth-order valence-electron chi connectivity index (χ4n) is 6.84. The molecule has 38 heavy (non-hydrogen) atoms. The number of nitrogens with one attached hydrogen (secondary N) is 1. The summed E-state index contributed by atoms with van der Waals surface area (Å²) in [4.78, 5) is 36.4. The number of nitrogens with zero attached hydrogens (tertiary/aromatic N) is 5. The lowest BCUT2D eigenvalue weighted by Gasteiger charge is -2.52. The molecule has 1 spiro atoms. The van der Waals surface area contributed by atoms with Gasteiger partial charge in [-0.3, -0.25) is 14.5 Å². The van der Waals surface area contributed by atoms with Gasteiger partial charge in [0.05, 0.1) is 5.69 Å². The van der Waals surface area contributed by atoms with Gasteiger partial charge in [-0.25, -0.2) is 9.67 Å². The van der Waals surface area contributed by atoms with Gasteiger partial charge in [0.15, 0.2) is 5.82 Å². The summed E-state index contributed by atoms with van der Waals surface area (Å²) in [6.45, 7) is 9.34. The predicted molar refractivity (Wildman–Crippen MR) is 148 cm³/mol. The molecule has 2 amide bonds. The van der Waals surface area contributed by atoms with Gasteiger partial charge in [-0.15, -0.1) is 0 Å². The quantitative estimate of drug-likeness (QED) is 0.561. The average Bonchev–Trinajstić information content (AvgIpc) is 3.22. The summed E-state index contributed by atoms with van der Waals surface area (Å²) in [6.07, 6.45) is 12.1. The Bertz CT molecular complexity index is 1120. The molecule has 3 aliphatic rings. The van der Waals surface area contributed by atoms with Crippen LogP contribution in [0.1, 0.15) is 88.1 Å². The molecular weight excluding hydrogens is 476 g/mol. The van der Waals surface area contributed by atoms with Crippen molar-refractivity contribution in [1.82, 2.24) is 29.9 Å². The number of likely N-dealkylation sites (tertiary alicyclic amines) is 1. The van der Waals surface area contributed by atoms with Gasteiger partial charge in [0.25, 0.3) is 0 Å². The van der Waals surface area contributed by atoms with Crippen LogP contribution in [0, 0.1) is 19.8 Å². The molecule has 0 unspecified atom stereocenters. The molecule has 0 bridgehead atoms. The number of amides is 2. The molecule has 4 heterocycles. The van der Waals surface area contributed by atoms with Crippen molar-refractivity contribution in [1.29, 1.82) is 0 Å². The van der Waals surface area contributed by atoms with Gasteiger partial charge in [-0.2, -0.15) is 5.10 Å². The lowest BCUT2D eigenvalue weighted by molar-refractivity contribution is -0.162. The summed E-state index contributed by atoms with van der Waals surface area (Å²) in [7, 11) is 0. The number of piperidine rings is 1.